The van der Waals surface area contributed by atoms with Gasteiger partial charge >= 0.3 is 0 Å². The van der Waals surface area contributed by atoms with Crippen molar-refractivity contribution in [1.29, 1.82) is 0 Å². The topological polar surface area (TPSA) is 26.0 Å². The molecule has 0 atom stereocenters. The molecule has 2 N–H and O–H groups in total. The highest BCUT2D eigenvalue weighted by Crippen LogP contribution is 1.79. The summed E-state index contributed by atoms with van der Waals surface area (Å²) in [7, 11) is 1.50. The molecule has 0 fully saturated rings. The van der Waals surface area contributed by atoms with Gasteiger partial charge in [-0.3, -0.25) is 0 Å². The van der Waals surface area contributed by atoms with Gasteiger partial charge in [0.1, 0.15) is 0 Å². The highest BCUT2D eigenvalue weighted by molar-refractivity contribution is 4.99. The van der Waals surface area contributed by atoms with Crippen molar-refractivity contribution in [3.05, 3.63) is 48.6 Å². The zero-order valence-corrected chi connectivity index (χ0v) is 10.9. The SMILES string of the molecule is CC.CC=CCC.CN.c1ccccc1. The first kappa shape index (κ1) is 19.5. The average Bonchev–Trinajstić information content (AvgIpc) is 2.38. The summed E-state index contributed by atoms with van der Waals surface area (Å²) in [5, 5.41) is 0. The van der Waals surface area contributed by atoms with Crippen LogP contribution in [0.5, 0.6) is 0 Å². The van der Waals surface area contributed by atoms with E-state index in [1.807, 2.05) is 57.2 Å². The molecule has 0 aliphatic heterocycles. The van der Waals surface area contributed by atoms with E-state index in [-0.39, 0.29) is 0 Å². The molecular weight excluding hydrogens is 182 g/mol. The number of hydrogen-bond acceptors (Lipinski definition) is 1. The van der Waals surface area contributed by atoms with Crippen LogP contribution in [-0.4, -0.2) is 7.05 Å². The molecule has 0 amide bonds. The molecule has 0 spiro atoms. The maximum absolute atomic E-state index is 4.50. The van der Waals surface area contributed by atoms with Gasteiger partial charge in [-0.1, -0.05) is 69.3 Å². The molecule has 1 rings (SSSR count). The van der Waals surface area contributed by atoms with E-state index in [0.29, 0.717) is 0 Å². The van der Waals surface area contributed by atoms with Gasteiger partial charge in [0.2, 0.25) is 0 Å². The molecule has 0 aromatic heterocycles. The second-order valence-electron chi connectivity index (χ2n) is 2.13. The summed E-state index contributed by atoms with van der Waals surface area (Å²) in [5.41, 5.74) is 4.50. The second kappa shape index (κ2) is 29.3. The monoisotopic (exact) mass is 209 g/mol. The third-order valence-corrected chi connectivity index (χ3v) is 1.14. The lowest BCUT2D eigenvalue weighted by Gasteiger charge is -1.69. The van der Waals surface area contributed by atoms with Crippen LogP contribution in [0.1, 0.15) is 34.1 Å². The molecule has 1 aromatic carbocycles. The normalized spacial score (nSPS) is 7.33. The Morgan fingerprint density at radius 3 is 1.20 bits per heavy atom. The van der Waals surface area contributed by atoms with Gasteiger partial charge in [-0.05, 0) is 20.4 Å². The van der Waals surface area contributed by atoms with Crippen molar-refractivity contribution in [1.82, 2.24) is 0 Å². The number of rotatable bonds is 1. The molecule has 0 bridgehead atoms. The summed E-state index contributed by atoms with van der Waals surface area (Å²) < 4.78 is 0. The van der Waals surface area contributed by atoms with Crippen molar-refractivity contribution in [3.8, 4) is 0 Å². The summed E-state index contributed by atoms with van der Waals surface area (Å²) in [6, 6.07) is 12.0. The zero-order valence-electron chi connectivity index (χ0n) is 10.9. The van der Waals surface area contributed by atoms with E-state index in [4.69, 9.17) is 0 Å². The van der Waals surface area contributed by atoms with Crippen LogP contribution in [0.2, 0.25) is 0 Å². The molecule has 0 aliphatic carbocycles. The number of hydrogen-bond donors (Lipinski definition) is 1. The molecule has 88 valence electrons. The van der Waals surface area contributed by atoms with Crippen LogP contribution in [-0.2, 0) is 0 Å². The molecule has 1 heteroatoms. The molecular formula is C14H27N. The van der Waals surface area contributed by atoms with E-state index in [1.165, 1.54) is 7.05 Å². The van der Waals surface area contributed by atoms with Gasteiger partial charge in [-0.15, -0.1) is 0 Å². The molecule has 1 nitrogen and oxygen atoms in total. The lowest BCUT2D eigenvalue weighted by atomic mass is 10.4. The van der Waals surface area contributed by atoms with Crippen LogP contribution >= 0.6 is 0 Å². The Balaban J connectivity index is -0.000000146. The fourth-order valence-corrected chi connectivity index (χ4v) is 0.621. The Labute approximate surface area is 96.0 Å². The van der Waals surface area contributed by atoms with Crippen LogP contribution < -0.4 is 5.73 Å². The number of nitrogens with two attached hydrogens (primary N) is 1. The van der Waals surface area contributed by atoms with Crippen LogP contribution in [0.15, 0.2) is 48.6 Å². The average molecular weight is 209 g/mol. The third kappa shape index (κ3) is 32.2. The molecule has 0 aliphatic rings. The highest BCUT2D eigenvalue weighted by atomic mass is 14.4. The number of allylic oxidation sites excluding steroid dienone is 2. The van der Waals surface area contributed by atoms with E-state index < -0.39 is 0 Å². The molecule has 0 unspecified atom stereocenters. The Kier molecular flexibility index (Phi) is 38.0. The Morgan fingerprint density at radius 2 is 1.13 bits per heavy atom. The van der Waals surface area contributed by atoms with Crippen molar-refractivity contribution in [2.45, 2.75) is 34.1 Å². The van der Waals surface area contributed by atoms with Crippen molar-refractivity contribution in [2.24, 2.45) is 5.73 Å². The summed E-state index contributed by atoms with van der Waals surface area (Å²) in [6.07, 6.45) is 5.34. The minimum Gasteiger partial charge on any atom is -0.333 e. The van der Waals surface area contributed by atoms with Gasteiger partial charge in [0.25, 0.3) is 0 Å². The van der Waals surface area contributed by atoms with Crippen LogP contribution in [0.4, 0.5) is 0 Å². The minimum absolute atomic E-state index is 1.16. The molecule has 1 aromatic rings. The van der Waals surface area contributed by atoms with Gasteiger partial charge in [0.15, 0.2) is 0 Å². The quantitative estimate of drug-likeness (QED) is 0.687. The molecule has 0 saturated heterocycles. The van der Waals surface area contributed by atoms with Gasteiger partial charge < -0.3 is 5.73 Å². The largest absolute Gasteiger partial charge is 0.333 e. The fourth-order valence-electron chi connectivity index (χ4n) is 0.621. The second-order valence-corrected chi connectivity index (χ2v) is 2.13. The fraction of sp³-hybridized carbons (Fsp3) is 0.429. The molecule has 0 radical (unpaired) electrons. The lowest BCUT2D eigenvalue weighted by Crippen LogP contribution is -1.69. The lowest BCUT2D eigenvalue weighted by molar-refractivity contribution is 1.22. The highest BCUT2D eigenvalue weighted by Gasteiger charge is 1.57. The predicted molar refractivity (Wildman–Crippen MR) is 73.0 cm³/mol. The van der Waals surface area contributed by atoms with E-state index in [9.17, 15) is 0 Å². The Morgan fingerprint density at radius 1 is 0.867 bits per heavy atom. The molecule has 15 heavy (non-hydrogen) atoms. The van der Waals surface area contributed by atoms with Gasteiger partial charge in [0.05, 0.1) is 0 Å². The van der Waals surface area contributed by atoms with Gasteiger partial charge in [-0.25, -0.2) is 0 Å². The van der Waals surface area contributed by atoms with E-state index in [2.05, 4.69) is 24.8 Å². The Bertz CT molecular complexity index is 141. The van der Waals surface area contributed by atoms with E-state index in [1.54, 1.807) is 0 Å². The minimum atomic E-state index is 1.16. The molecule has 0 heterocycles. The maximum atomic E-state index is 4.50. The van der Waals surface area contributed by atoms with Gasteiger partial charge in [0, 0.05) is 0 Å². The smallest absolute Gasteiger partial charge is 0.0195 e. The Hall–Kier alpha value is -1.08. The van der Waals surface area contributed by atoms with Crippen molar-refractivity contribution in [3.63, 3.8) is 0 Å². The van der Waals surface area contributed by atoms with Crippen LogP contribution in [0, 0.1) is 0 Å². The van der Waals surface area contributed by atoms with Crippen LogP contribution in [0.3, 0.4) is 0 Å². The standard InChI is InChI=1S/C6H6.C5H10.C2H6.CH5N/c1-2-4-6-5-3-1;1-3-5-4-2;2*1-2/h1-6H;3,5H,4H2,1-2H3;1-2H3;2H2,1H3. The first-order chi connectivity index (χ1) is 7.41. The van der Waals surface area contributed by atoms with Crippen molar-refractivity contribution in [2.75, 3.05) is 7.05 Å². The summed E-state index contributed by atoms with van der Waals surface area (Å²) in [6.45, 7) is 8.16. The van der Waals surface area contributed by atoms with E-state index in [0.717, 1.165) is 6.42 Å². The molecule has 0 saturated carbocycles. The predicted octanol–water partition coefficient (Wildman–Crippen LogP) is 4.26. The van der Waals surface area contributed by atoms with Gasteiger partial charge in [-0.2, -0.15) is 0 Å². The summed E-state index contributed by atoms with van der Waals surface area (Å²) in [5.74, 6) is 0. The maximum Gasteiger partial charge on any atom is -0.0195 e. The zero-order chi connectivity index (χ0) is 12.4. The van der Waals surface area contributed by atoms with E-state index >= 15 is 0 Å². The third-order valence-electron chi connectivity index (χ3n) is 1.14. The summed E-state index contributed by atoms with van der Waals surface area (Å²) in [4.78, 5) is 0. The van der Waals surface area contributed by atoms with Crippen molar-refractivity contribution >= 4 is 0 Å². The first-order valence-electron chi connectivity index (χ1n) is 5.60. The summed E-state index contributed by atoms with van der Waals surface area (Å²) >= 11 is 0. The number of benzene rings is 1. The first-order valence-corrected chi connectivity index (χ1v) is 5.60. The van der Waals surface area contributed by atoms with Crippen molar-refractivity contribution < 1.29 is 0 Å². The van der Waals surface area contributed by atoms with Crippen LogP contribution in [0.25, 0.3) is 0 Å².